The first-order valence-electron chi connectivity index (χ1n) is 4.78. The quantitative estimate of drug-likeness (QED) is 0.424. The van der Waals surface area contributed by atoms with Gasteiger partial charge in [-0.2, -0.15) is 0 Å². The van der Waals surface area contributed by atoms with Crippen molar-refractivity contribution in [3.8, 4) is 0 Å². The van der Waals surface area contributed by atoms with Gasteiger partial charge in [-0.25, -0.2) is 0 Å². The van der Waals surface area contributed by atoms with Gasteiger partial charge in [0.1, 0.15) is 0 Å². The molecule has 0 saturated carbocycles. The molecular weight excluding hydrogens is 188 g/mol. The van der Waals surface area contributed by atoms with E-state index < -0.39 is 18.0 Å². The maximum atomic E-state index is 11.1. The van der Waals surface area contributed by atoms with Crippen molar-refractivity contribution in [3.05, 3.63) is 0 Å². The normalized spacial score (nSPS) is 13.8. The Bertz CT molecular complexity index is 173. The summed E-state index contributed by atoms with van der Waals surface area (Å²) in [5.41, 5.74) is 0. The number of unbranched alkanes of at least 4 members (excludes halogenated alkanes) is 1. The van der Waals surface area contributed by atoms with E-state index in [2.05, 4.69) is 4.74 Å². The number of hydrogen-bond acceptors (Lipinski definition) is 5. The SMILES string of the molecule is CCCCC(=O)OC(CC)C(O)(O)O. The van der Waals surface area contributed by atoms with Crippen molar-refractivity contribution in [2.24, 2.45) is 0 Å². The summed E-state index contributed by atoms with van der Waals surface area (Å²) in [6.45, 7) is 3.51. The Kier molecular flexibility index (Phi) is 5.68. The minimum absolute atomic E-state index is 0.140. The van der Waals surface area contributed by atoms with Gasteiger partial charge < -0.3 is 20.1 Å². The lowest BCUT2D eigenvalue weighted by Crippen LogP contribution is -2.44. The lowest BCUT2D eigenvalue weighted by molar-refractivity contribution is -0.356. The second kappa shape index (κ2) is 5.95. The van der Waals surface area contributed by atoms with Crippen LogP contribution < -0.4 is 0 Å². The largest absolute Gasteiger partial charge is 0.454 e. The van der Waals surface area contributed by atoms with Gasteiger partial charge in [0.15, 0.2) is 6.10 Å². The van der Waals surface area contributed by atoms with Crippen LogP contribution in [-0.2, 0) is 9.53 Å². The first kappa shape index (κ1) is 13.4. The van der Waals surface area contributed by atoms with Gasteiger partial charge in [0, 0.05) is 6.42 Å². The summed E-state index contributed by atoms with van der Waals surface area (Å²) < 4.78 is 4.68. The van der Waals surface area contributed by atoms with Gasteiger partial charge in [-0.3, -0.25) is 4.79 Å². The second-order valence-electron chi connectivity index (χ2n) is 3.18. The molecule has 1 unspecified atom stereocenters. The Morgan fingerprint density at radius 3 is 2.29 bits per heavy atom. The van der Waals surface area contributed by atoms with Crippen LogP contribution in [0.1, 0.15) is 39.5 Å². The minimum Gasteiger partial charge on any atom is -0.454 e. The third-order valence-corrected chi connectivity index (χ3v) is 1.81. The molecule has 5 nitrogen and oxygen atoms in total. The Morgan fingerprint density at radius 1 is 1.36 bits per heavy atom. The summed E-state index contributed by atoms with van der Waals surface area (Å²) in [5, 5.41) is 26.4. The van der Waals surface area contributed by atoms with Gasteiger partial charge >= 0.3 is 11.9 Å². The van der Waals surface area contributed by atoms with E-state index in [4.69, 9.17) is 15.3 Å². The predicted molar refractivity (Wildman–Crippen MR) is 49.1 cm³/mol. The van der Waals surface area contributed by atoms with Gasteiger partial charge in [-0.15, -0.1) is 0 Å². The Hall–Kier alpha value is -0.650. The first-order valence-corrected chi connectivity index (χ1v) is 4.78. The van der Waals surface area contributed by atoms with Crippen molar-refractivity contribution in [1.82, 2.24) is 0 Å². The van der Waals surface area contributed by atoms with Crippen molar-refractivity contribution in [2.75, 3.05) is 0 Å². The third kappa shape index (κ3) is 5.16. The maximum Gasteiger partial charge on any atom is 0.314 e. The average Bonchev–Trinajstić information content (AvgIpc) is 2.08. The number of hydrogen-bond donors (Lipinski definition) is 3. The van der Waals surface area contributed by atoms with Crippen LogP contribution in [0.2, 0.25) is 0 Å². The monoisotopic (exact) mass is 206 g/mol. The molecule has 0 aliphatic heterocycles. The standard InChI is InChI=1S/C9H18O5/c1-3-5-6-8(10)14-7(4-2)9(11,12)13/h7,11-13H,3-6H2,1-2H3. The fraction of sp³-hybridized carbons (Fsp3) is 0.889. The molecule has 0 saturated heterocycles. The molecule has 0 aliphatic carbocycles. The molecule has 0 aliphatic rings. The smallest absolute Gasteiger partial charge is 0.314 e. The van der Waals surface area contributed by atoms with Crippen LogP contribution in [-0.4, -0.2) is 33.4 Å². The number of carbonyl (C=O) groups is 1. The van der Waals surface area contributed by atoms with Crippen molar-refractivity contribution in [1.29, 1.82) is 0 Å². The number of carbonyl (C=O) groups excluding carboxylic acids is 1. The van der Waals surface area contributed by atoms with Crippen molar-refractivity contribution in [3.63, 3.8) is 0 Å². The van der Waals surface area contributed by atoms with Crippen LogP contribution in [0.5, 0.6) is 0 Å². The lowest BCUT2D eigenvalue weighted by atomic mass is 10.2. The number of aliphatic hydroxyl groups is 3. The molecule has 0 aromatic heterocycles. The minimum atomic E-state index is -2.95. The fourth-order valence-electron chi connectivity index (χ4n) is 0.975. The molecule has 84 valence electrons. The molecule has 5 heteroatoms. The zero-order chi connectivity index (χ0) is 11.2. The Balaban J connectivity index is 4.00. The number of esters is 1. The molecule has 0 fully saturated rings. The van der Waals surface area contributed by atoms with E-state index in [0.29, 0.717) is 6.42 Å². The fourth-order valence-corrected chi connectivity index (χ4v) is 0.975. The molecule has 0 aromatic carbocycles. The van der Waals surface area contributed by atoms with Gasteiger partial charge in [-0.1, -0.05) is 20.3 Å². The summed E-state index contributed by atoms with van der Waals surface area (Å²) >= 11 is 0. The number of rotatable bonds is 6. The van der Waals surface area contributed by atoms with Crippen LogP contribution in [0.15, 0.2) is 0 Å². The number of ether oxygens (including phenoxy) is 1. The van der Waals surface area contributed by atoms with Crippen LogP contribution in [0.25, 0.3) is 0 Å². The predicted octanol–water partition coefficient (Wildman–Crippen LogP) is 0.129. The van der Waals surface area contributed by atoms with Crippen molar-refractivity contribution >= 4 is 5.97 Å². The highest BCUT2D eigenvalue weighted by atomic mass is 16.7. The van der Waals surface area contributed by atoms with Crippen molar-refractivity contribution < 1.29 is 24.9 Å². The van der Waals surface area contributed by atoms with E-state index in [9.17, 15) is 4.79 Å². The molecule has 0 radical (unpaired) electrons. The van der Waals surface area contributed by atoms with Gasteiger partial charge in [0.25, 0.3) is 0 Å². The van der Waals surface area contributed by atoms with Crippen LogP contribution in [0, 0.1) is 0 Å². The highest BCUT2D eigenvalue weighted by molar-refractivity contribution is 5.69. The van der Waals surface area contributed by atoms with Crippen molar-refractivity contribution in [2.45, 2.75) is 51.6 Å². The molecule has 0 aromatic rings. The summed E-state index contributed by atoms with van der Waals surface area (Å²) in [7, 11) is 0. The van der Waals surface area contributed by atoms with Crippen LogP contribution in [0.4, 0.5) is 0 Å². The lowest BCUT2D eigenvalue weighted by Gasteiger charge is -2.24. The Labute approximate surface area is 83.3 Å². The van der Waals surface area contributed by atoms with E-state index in [-0.39, 0.29) is 12.8 Å². The summed E-state index contributed by atoms with van der Waals surface area (Å²) in [6.07, 6.45) is 0.621. The maximum absolute atomic E-state index is 11.1. The van der Waals surface area contributed by atoms with E-state index in [0.717, 1.165) is 6.42 Å². The highest BCUT2D eigenvalue weighted by Gasteiger charge is 2.33. The zero-order valence-electron chi connectivity index (χ0n) is 8.56. The Morgan fingerprint density at radius 2 is 1.93 bits per heavy atom. The molecule has 3 N–H and O–H groups in total. The molecule has 0 amide bonds. The molecule has 14 heavy (non-hydrogen) atoms. The average molecular weight is 206 g/mol. The molecule has 1 atom stereocenters. The third-order valence-electron chi connectivity index (χ3n) is 1.81. The highest BCUT2D eigenvalue weighted by Crippen LogP contribution is 2.12. The van der Waals surface area contributed by atoms with E-state index in [1.807, 2.05) is 6.92 Å². The van der Waals surface area contributed by atoms with Gasteiger partial charge in [0.05, 0.1) is 0 Å². The first-order chi connectivity index (χ1) is 6.41. The molecular formula is C9H18O5. The van der Waals surface area contributed by atoms with Gasteiger partial charge in [0.2, 0.25) is 0 Å². The van der Waals surface area contributed by atoms with Crippen LogP contribution in [0.3, 0.4) is 0 Å². The summed E-state index contributed by atoms with van der Waals surface area (Å²) in [5.74, 6) is -3.48. The molecule has 0 bridgehead atoms. The zero-order valence-corrected chi connectivity index (χ0v) is 8.56. The van der Waals surface area contributed by atoms with E-state index in [1.165, 1.54) is 0 Å². The molecule has 0 heterocycles. The van der Waals surface area contributed by atoms with E-state index in [1.54, 1.807) is 6.92 Å². The summed E-state index contributed by atoms with van der Waals surface area (Å²) in [4.78, 5) is 11.1. The second-order valence-corrected chi connectivity index (χ2v) is 3.18. The van der Waals surface area contributed by atoms with E-state index >= 15 is 0 Å². The van der Waals surface area contributed by atoms with Gasteiger partial charge in [-0.05, 0) is 12.8 Å². The summed E-state index contributed by atoms with van der Waals surface area (Å²) in [6, 6.07) is 0. The molecule has 0 rings (SSSR count). The van der Waals surface area contributed by atoms with Crippen LogP contribution >= 0.6 is 0 Å². The molecule has 0 spiro atoms. The topological polar surface area (TPSA) is 87.0 Å².